The highest BCUT2D eigenvalue weighted by Crippen LogP contribution is 2.27. The van der Waals surface area contributed by atoms with Crippen molar-refractivity contribution in [3.05, 3.63) is 59.7 Å². The van der Waals surface area contributed by atoms with Crippen molar-refractivity contribution < 1.29 is 4.79 Å². The molecule has 134 valence electrons. The third-order valence-corrected chi connectivity index (χ3v) is 4.53. The standard InChI is InChI=1S/C24H32O/c1-6-7-19-8-10-20(11-9-19)21-12-14-22(15-13-21)23(25)16-18(2)17-24(3,4)5/h8-15,18H,6-7,16-17H2,1-5H3. The molecule has 0 radical (unpaired) electrons. The molecule has 1 nitrogen and oxygen atoms in total. The first kappa shape index (κ1) is 19.4. The lowest BCUT2D eigenvalue weighted by atomic mass is 9.83. The van der Waals surface area contributed by atoms with Gasteiger partial charge in [-0.25, -0.2) is 0 Å². The molecular formula is C24H32O. The van der Waals surface area contributed by atoms with Crippen molar-refractivity contribution in [2.75, 3.05) is 0 Å². The second-order valence-corrected chi connectivity index (χ2v) is 8.52. The first-order valence-corrected chi connectivity index (χ1v) is 9.51. The minimum Gasteiger partial charge on any atom is -0.294 e. The fourth-order valence-corrected chi connectivity index (χ4v) is 3.55. The van der Waals surface area contributed by atoms with E-state index in [-0.39, 0.29) is 11.2 Å². The van der Waals surface area contributed by atoms with Gasteiger partial charge in [-0.15, -0.1) is 0 Å². The summed E-state index contributed by atoms with van der Waals surface area (Å²) in [6, 6.07) is 16.8. The second-order valence-electron chi connectivity index (χ2n) is 8.52. The van der Waals surface area contributed by atoms with Crippen molar-refractivity contribution >= 4 is 5.78 Å². The van der Waals surface area contributed by atoms with Crippen LogP contribution in [-0.2, 0) is 6.42 Å². The Labute approximate surface area is 153 Å². The third kappa shape index (κ3) is 6.16. The van der Waals surface area contributed by atoms with E-state index in [1.54, 1.807) is 0 Å². The van der Waals surface area contributed by atoms with E-state index in [4.69, 9.17) is 0 Å². The van der Waals surface area contributed by atoms with Crippen molar-refractivity contribution in [2.45, 2.75) is 60.3 Å². The van der Waals surface area contributed by atoms with E-state index in [1.165, 1.54) is 23.1 Å². The van der Waals surface area contributed by atoms with Crippen LogP contribution in [0.15, 0.2) is 48.5 Å². The number of Topliss-reactive ketones (excluding diaryl/α,β-unsaturated/α-hetero) is 1. The van der Waals surface area contributed by atoms with E-state index in [0.717, 1.165) is 18.4 Å². The molecule has 1 unspecified atom stereocenters. The van der Waals surface area contributed by atoms with Crippen molar-refractivity contribution in [1.82, 2.24) is 0 Å². The molecule has 0 fully saturated rings. The molecule has 0 aliphatic carbocycles. The summed E-state index contributed by atoms with van der Waals surface area (Å²) in [6.45, 7) is 11.1. The predicted molar refractivity (Wildman–Crippen MR) is 108 cm³/mol. The van der Waals surface area contributed by atoms with E-state index in [2.05, 4.69) is 71.0 Å². The molecule has 0 aliphatic rings. The van der Waals surface area contributed by atoms with Gasteiger partial charge in [0.2, 0.25) is 0 Å². The summed E-state index contributed by atoms with van der Waals surface area (Å²) in [5, 5.41) is 0. The Morgan fingerprint density at radius 3 is 1.92 bits per heavy atom. The van der Waals surface area contributed by atoms with Crippen LogP contribution in [0.1, 0.15) is 69.8 Å². The zero-order valence-corrected chi connectivity index (χ0v) is 16.4. The van der Waals surface area contributed by atoms with Gasteiger partial charge in [0.25, 0.3) is 0 Å². The highest BCUT2D eigenvalue weighted by Gasteiger charge is 2.18. The smallest absolute Gasteiger partial charge is 0.163 e. The summed E-state index contributed by atoms with van der Waals surface area (Å²) in [6.07, 6.45) is 3.99. The highest BCUT2D eigenvalue weighted by molar-refractivity contribution is 5.96. The van der Waals surface area contributed by atoms with Gasteiger partial charge in [-0.1, -0.05) is 89.6 Å². The van der Waals surface area contributed by atoms with Gasteiger partial charge in [0.15, 0.2) is 5.78 Å². The average Bonchev–Trinajstić information content (AvgIpc) is 2.54. The van der Waals surface area contributed by atoms with Gasteiger partial charge in [0, 0.05) is 12.0 Å². The summed E-state index contributed by atoms with van der Waals surface area (Å²) >= 11 is 0. The monoisotopic (exact) mass is 336 g/mol. The predicted octanol–water partition coefficient (Wildman–Crippen LogP) is 6.95. The van der Waals surface area contributed by atoms with Crippen LogP contribution in [-0.4, -0.2) is 5.78 Å². The summed E-state index contributed by atoms with van der Waals surface area (Å²) in [5.41, 5.74) is 4.85. The Bertz CT molecular complexity index is 672. The largest absolute Gasteiger partial charge is 0.294 e. The van der Waals surface area contributed by atoms with E-state index in [1.807, 2.05) is 12.1 Å². The molecular weight excluding hydrogens is 304 g/mol. The number of hydrogen-bond acceptors (Lipinski definition) is 1. The summed E-state index contributed by atoms with van der Waals surface area (Å²) in [7, 11) is 0. The first-order chi connectivity index (χ1) is 11.8. The molecule has 0 saturated heterocycles. The van der Waals surface area contributed by atoms with Gasteiger partial charge in [-0.05, 0) is 40.9 Å². The van der Waals surface area contributed by atoms with E-state index >= 15 is 0 Å². The van der Waals surface area contributed by atoms with Crippen LogP contribution in [0.2, 0.25) is 0 Å². The Hall–Kier alpha value is -1.89. The number of aryl methyl sites for hydroxylation is 1. The Kier molecular flexibility index (Phi) is 6.58. The van der Waals surface area contributed by atoms with Crippen molar-refractivity contribution in [3.63, 3.8) is 0 Å². The Morgan fingerprint density at radius 1 is 0.920 bits per heavy atom. The lowest BCUT2D eigenvalue weighted by molar-refractivity contribution is 0.0954. The topological polar surface area (TPSA) is 17.1 Å². The maximum atomic E-state index is 12.5. The van der Waals surface area contributed by atoms with Crippen LogP contribution in [0.4, 0.5) is 0 Å². The van der Waals surface area contributed by atoms with E-state index in [9.17, 15) is 4.79 Å². The quantitative estimate of drug-likeness (QED) is 0.500. The molecule has 0 N–H and O–H groups in total. The highest BCUT2D eigenvalue weighted by atomic mass is 16.1. The number of ketones is 1. The van der Waals surface area contributed by atoms with Gasteiger partial charge in [0.05, 0.1) is 0 Å². The maximum absolute atomic E-state index is 12.5. The molecule has 1 heteroatoms. The fourth-order valence-electron chi connectivity index (χ4n) is 3.55. The summed E-state index contributed by atoms with van der Waals surface area (Å²) < 4.78 is 0. The fraction of sp³-hybridized carbons (Fsp3) is 0.458. The maximum Gasteiger partial charge on any atom is 0.163 e. The first-order valence-electron chi connectivity index (χ1n) is 9.51. The number of rotatable bonds is 7. The molecule has 0 heterocycles. The van der Waals surface area contributed by atoms with Crippen molar-refractivity contribution in [2.24, 2.45) is 11.3 Å². The van der Waals surface area contributed by atoms with Crippen LogP contribution in [0.25, 0.3) is 11.1 Å². The molecule has 0 aromatic heterocycles. The summed E-state index contributed by atoms with van der Waals surface area (Å²) in [5.74, 6) is 0.667. The average molecular weight is 337 g/mol. The molecule has 0 amide bonds. The Balaban J connectivity index is 2.02. The number of benzene rings is 2. The number of carbonyl (C=O) groups is 1. The van der Waals surface area contributed by atoms with Crippen molar-refractivity contribution in [1.29, 1.82) is 0 Å². The lowest BCUT2D eigenvalue weighted by Crippen LogP contribution is -2.14. The molecule has 0 bridgehead atoms. The van der Waals surface area contributed by atoms with Gasteiger partial charge in [0.1, 0.15) is 0 Å². The molecule has 0 saturated carbocycles. The molecule has 2 aromatic carbocycles. The molecule has 1 atom stereocenters. The molecule has 0 aliphatic heterocycles. The van der Waals surface area contributed by atoms with Crippen LogP contribution >= 0.6 is 0 Å². The van der Waals surface area contributed by atoms with Crippen LogP contribution in [0.3, 0.4) is 0 Å². The minimum absolute atomic E-state index is 0.251. The van der Waals surface area contributed by atoms with E-state index in [0.29, 0.717) is 12.3 Å². The molecule has 25 heavy (non-hydrogen) atoms. The third-order valence-electron chi connectivity index (χ3n) is 4.53. The molecule has 0 spiro atoms. The molecule has 2 rings (SSSR count). The van der Waals surface area contributed by atoms with Gasteiger partial charge < -0.3 is 0 Å². The second kappa shape index (κ2) is 8.47. The van der Waals surface area contributed by atoms with Crippen LogP contribution in [0.5, 0.6) is 0 Å². The van der Waals surface area contributed by atoms with Gasteiger partial charge in [-0.3, -0.25) is 4.79 Å². The van der Waals surface area contributed by atoms with Crippen molar-refractivity contribution in [3.8, 4) is 11.1 Å². The summed E-state index contributed by atoms with van der Waals surface area (Å²) in [4.78, 5) is 12.5. The SMILES string of the molecule is CCCc1ccc(-c2ccc(C(=O)CC(C)CC(C)(C)C)cc2)cc1. The number of hydrogen-bond donors (Lipinski definition) is 0. The van der Waals surface area contributed by atoms with Gasteiger partial charge in [-0.2, -0.15) is 0 Å². The van der Waals surface area contributed by atoms with Gasteiger partial charge >= 0.3 is 0 Å². The van der Waals surface area contributed by atoms with Crippen LogP contribution in [0, 0.1) is 11.3 Å². The Morgan fingerprint density at radius 2 is 1.44 bits per heavy atom. The van der Waals surface area contributed by atoms with E-state index < -0.39 is 0 Å². The zero-order valence-electron chi connectivity index (χ0n) is 16.4. The minimum atomic E-state index is 0.251. The number of carbonyl (C=O) groups excluding carboxylic acids is 1. The normalized spacial score (nSPS) is 12.8. The lowest BCUT2D eigenvalue weighted by Gasteiger charge is -2.22. The molecule has 2 aromatic rings. The van der Waals surface area contributed by atoms with Crippen LogP contribution < -0.4 is 0 Å². The zero-order chi connectivity index (χ0) is 18.4.